The van der Waals surface area contributed by atoms with Crippen LogP contribution in [0.1, 0.15) is 57.8 Å². The molecule has 6 aliphatic rings. The van der Waals surface area contributed by atoms with Gasteiger partial charge in [0.05, 0.1) is 0 Å². The van der Waals surface area contributed by atoms with Crippen molar-refractivity contribution in [1.82, 2.24) is 9.78 Å². The molecule has 0 radical (unpaired) electrons. The van der Waals surface area contributed by atoms with E-state index in [9.17, 15) is 0 Å². The molecule has 4 bridgehead atoms. The van der Waals surface area contributed by atoms with Crippen molar-refractivity contribution in [3.63, 3.8) is 0 Å². The van der Waals surface area contributed by atoms with Crippen LogP contribution in [0.5, 0.6) is 0 Å². The van der Waals surface area contributed by atoms with Crippen LogP contribution in [0.25, 0.3) is 0 Å². The van der Waals surface area contributed by atoms with E-state index in [4.69, 9.17) is 14.5 Å². The van der Waals surface area contributed by atoms with Crippen LogP contribution in [0.4, 0.5) is 0 Å². The van der Waals surface area contributed by atoms with Gasteiger partial charge in [0.15, 0.2) is 0 Å². The molecule has 25 heavy (non-hydrogen) atoms. The number of nitrogens with zero attached hydrogens (tertiary/aromatic N) is 2. The lowest BCUT2D eigenvalue weighted by Gasteiger charge is -2.57. The van der Waals surface area contributed by atoms with Gasteiger partial charge in [-0.05, 0) is 68.8 Å². The number of ether oxygens (including phenoxy) is 1. The Morgan fingerprint density at radius 1 is 0.960 bits per heavy atom. The topological polar surface area (TPSA) is 45.5 Å². The van der Waals surface area contributed by atoms with E-state index in [-0.39, 0.29) is 0 Å². The molecule has 1 aromatic rings. The van der Waals surface area contributed by atoms with Crippen molar-refractivity contribution >= 4 is 0 Å². The molecule has 7 rings (SSSR count). The standard InChI is InChI=1S/C20H28N2O3/c1-6-21-22(7-1)13-14-2-4-19(5-3-14)23-20(25-24-19)17-9-15-8-16(11-17)12-18(20)10-15/h1,6-7,14-18H,2-5,8-13H2. The Labute approximate surface area is 148 Å². The van der Waals surface area contributed by atoms with Gasteiger partial charge in [-0.2, -0.15) is 14.9 Å². The van der Waals surface area contributed by atoms with Gasteiger partial charge in [-0.1, -0.05) is 0 Å². The highest BCUT2D eigenvalue weighted by Crippen LogP contribution is 2.63. The van der Waals surface area contributed by atoms with Gasteiger partial charge >= 0.3 is 0 Å². The Morgan fingerprint density at radius 3 is 2.32 bits per heavy atom. The number of hydrogen-bond acceptors (Lipinski definition) is 4. The summed E-state index contributed by atoms with van der Waals surface area (Å²) in [6, 6.07) is 2.00. The molecule has 1 saturated heterocycles. The fourth-order valence-electron chi connectivity index (χ4n) is 6.77. The largest absolute Gasteiger partial charge is 0.312 e. The smallest absolute Gasteiger partial charge is 0.210 e. The molecule has 2 heterocycles. The van der Waals surface area contributed by atoms with Crippen molar-refractivity contribution in [1.29, 1.82) is 0 Å². The highest BCUT2D eigenvalue weighted by molar-refractivity contribution is 5.05. The van der Waals surface area contributed by atoms with E-state index >= 15 is 0 Å². The number of rotatable bonds is 2. The molecular formula is C20H28N2O3. The predicted molar refractivity (Wildman–Crippen MR) is 89.9 cm³/mol. The molecule has 6 fully saturated rings. The fourth-order valence-corrected chi connectivity index (χ4v) is 6.77. The molecule has 5 aliphatic carbocycles. The van der Waals surface area contributed by atoms with E-state index in [1.165, 1.54) is 32.1 Å². The Balaban J connectivity index is 1.15. The second kappa shape index (κ2) is 5.30. The molecule has 0 aromatic carbocycles. The van der Waals surface area contributed by atoms with Crippen LogP contribution in [0.3, 0.4) is 0 Å². The third-order valence-corrected chi connectivity index (χ3v) is 7.82. The van der Waals surface area contributed by atoms with Crippen molar-refractivity contribution in [2.75, 3.05) is 0 Å². The number of hydrogen-bond donors (Lipinski definition) is 0. The Kier molecular flexibility index (Phi) is 3.22. The van der Waals surface area contributed by atoms with E-state index < -0.39 is 11.6 Å². The van der Waals surface area contributed by atoms with Crippen LogP contribution < -0.4 is 0 Å². The normalized spacial score (nSPS) is 51.0. The quantitative estimate of drug-likeness (QED) is 0.763. The van der Waals surface area contributed by atoms with Gasteiger partial charge in [0.1, 0.15) is 0 Å². The molecule has 1 aliphatic heterocycles. The van der Waals surface area contributed by atoms with Gasteiger partial charge in [-0.3, -0.25) is 4.68 Å². The first-order chi connectivity index (χ1) is 12.2. The summed E-state index contributed by atoms with van der Waals surface area (Å²) in [5, 5.41) is 4.35. The Bertz CT molecular complexity index is 607. The molecule has 5 heteroatoms. The molecule has 1 aromatic heterocycles. The summed E-state index contributed by atoms with van der Waals surface area (Å²) in [7, 11) is 0. The minimum absolute atomic E-state index is 0.414. The van der Waals surface area contributed by atoms with Crippen LogP contribution in [-0.4, -0.2) is 21.4 Å². The van der Waals surface area contributed by atoms with Gasteiger partial charge in [0.2, 0.25) is 11.6 Å². The van der Waals surface area contributed by atoms with Crippen molar-refractivity contribution in [2.45, 2.75) is 75.9 Å². The third kappa shape index (κ3) is 2.28. The molecule has 136 valence electrons. The SMILES string of the molecule is c1cnn(CC2CCC3(CC2)OOC2(O3)C3CC4CC(C3)CC2C4)c1. The van der Waals surface area contributed by atoms with Crippen LogP contribution in [0, 0.1) is 29.6 Å². The van der Waals surface area contributed by atoms with Crippen molar-refractivity contribution in [3.8, 4) is 0 Å². The monoisotopic (exact) mass is 344 g/mol. The summed E-state index contributed by atoms with van der Waals surface area (Å²) in [4.78, 5) is 12.1. The highest BCUT2D eigenvalue weighted by Gasteiger charge is 2.66. The zero-order valence-electron chi connectivity index (χ0n) is 14.8. The van der Waals surface area contributed by atoms with E-state index in [2.05, 4.69) is 16.0 Å². The second-order valence-electron chi connectivity index (χ2n) is 9.38. The van der Waals surface area contributed by atoms with E-state index in [1.807, 2.05) is 12.3 Å². The first-order valence-corrected chi connectivity index (χ1v) is 10.3. The molecule has 0 atom stereocenters. The third-order valence-electron chi connectivity index (χ3n) is 7.82. The average molecular weight is 344 g/mol. The summed E-state index contributed by atoms with van der Waals surface area (Å²) >= 11 is 0. The minimum Gasteiger partial charge on any atom is -0.312 e. The van der Waals surface area contributed by atoms with E-state index in [1.54, 1.807) is 0 Å². The Morgan fingerprint density at radius 2 is 1.68 bits per heavy atom. The number of aromatic nitrogens is 2. The van der Waals surface area contributed by atoms with Crippen LogP contribution in [0.15, 0.2) is 18.5 Å². The average Bonchev–Trinajstić information content (AvgIpc) is 3.24. The van der Waals surface area contributed by atoms with Crippen molar-refractivity contribution in [3.05, 3.63) is 18.5 Å². The lowest BCUT2D eigenvalue weighted by atomic mass is 9.53. The second-order valence-corrected chi connectivity index (χ2v) is 9.38. The molecule has 0 amide bonds. The van der Waals surface area contributed by atoms with Gasteiger partial charge in [0.25, 0.3) is 0 Å². The first-order valence-electron chi connectivity index (χ1n) is 10.3. The van der Waals surface area contributed by atoms with Gasteiger partial charge in [0, 0.05) is 43.6 Å². The van der Waals surface area contributed by atoms with E-state index in [0.717, 1.165) is 44.1 Å². The molecule has 5 saturated carbocycles. The van der Waals surface area contributed by atoms with Crippen LogP contribution >= 0.6 is 0 Å². The van der Waals surface area contributed by atoms with Gasteiger partial charge < -0.3 is 4.74 Å². The molecule has 0 N–H and O–H groups in total. The lowest BCUT2D eigenvalue weighted by Crippen LogP contribution is -2.59. The van der Waals surface area contributed by atoms with Crippen LogP contribution in [-0.2, 0) is 21.1 Å². The zero-order valence-corrected chi connectivity index (χ0v) is 14.8. The van der Waals surface area contributed by atoms with Crippen LogP contribution in [0.2, 0.25) is 0 Å². The maximum absolute atomic E-state index is 6.77. The summed E-state index contributed by atoms with van der Waals surface area (Å²) in [6.07, 6.45) is 14.7. The fraction of sp³-hybridized carbons (Fsp3) is 0.850. The summed E-state index contributed by atoms with van der Waals surface area (Å²) in [5.41, 5.74) is 0. The molecule has 2 spiro atoms. The van der Waals surface area contributed by atoms with Gasteiger partial charge in [-0.15, -0.1) is 0 Å². The summed E-state index contributed by atoms with van der Waals surface area (Å²) in [5.74, 6) is 2.73. The minimum atomic E-state index is -0.476. The van der Waals surface area contributed by atoms with E-state index in [0.29, 0.717) is 17.8 Å². The van der Waals surface area contributed by atoms with Gasteiger partial charge in [-0.25, -0.2) is 0 Å². The summed E-state index contributed by atoms with van der Waals surface area (Å²) < 4.78 is 8.82. The maximum Gasteiger partial charge on any atom is 0.210 e. The molecular weight excluding hydrogens is 316 g/mol. The summed E-state index contributed by atoms with van der Waals surface area (Å²) in [6.45, 7) is 1.00. The maximum atomic E-state index is 6.77. The first kappa shape index (κ1) is 15.2. The predicted octanol–water partition coefficient (Wildman–Crippen LogP) is 3.90. The molecule has 5 nitrogen and oxygen atoms in total. The zero-order chi connectivity index (χ0) is 16.5. The highest BCUT2D eigenvalue weighted by atomic mass is 17.3. The molecule has 0 unspecified atom stereocenters. The van der Waals surface area contributed by atoms with Crippen molar-refractivity contribution < 1.29 is 14.5 Å². The lowest BCUT2D eigenvalue weighted by molar-refractivity contribution is -0.390. The Hall–Kier alpha value is -0.910. The van der Waals surface area contributed by atoms with Crippen molar-refractivity contribution in [2.24, 2.45) is 29.6 Å².